The molecule has 2 atom stereocenters. The van der Waals surface area contributed by atoms with E-state index in [1.54, 1.807) is 12.0 Å². The third-order valence-electron chi connectivity index (χ3n) is 3.25. The molecule has 0 saturated carbocycles. The molecule has 0 bridgehead atoms. The van der Waals surface area contributed by atoms with Crippen LogP contribution in [0.2, 0.25) is 0 Å². The maximum Gasteiger partial charge on any atom is 0.326 e. The third-order valence-corrected chi connectivity index (χ3v) is 3.25. The van der Waals surface area contributed by atoms with Gasteiger partial charge in [-0.2, -0.15) is 0 Å². The molecule has 1 heterocycles. The first kappa shape index (κ1) is 14.8. The van der Waals surface area contributed by atoms with Gasteiger partial charge in [0.1, 0.15) is 6.04 Å². The first-order valence-electron chi connectivity index (χ1n) is 6.35. The average molecular weight is 258 g/mol. The molecule has 0 aromatic rings. The topological polar surface area (TPSA) is 78.9 Å². The molecule has 0 radical (unpaired) electrons. The number of rotatable bonds is 6. The Morgan fingerprint density at radius 2 is 2.28 bits per heavy atom. The highest BCUT2D eigenvalue weighted by Gasteiger charge is 2.28. The standard InChI is InChI=1S/C12H22N2O4/c1-9-5-3-7-14(9)12(17)13-10(11(15)16)6-4-8-18-2/h9-10H,3-8H2,1-2H3,(H,13,17)(H,15,16). The zero-order chi connectivity index (χ0) is 13.5. The van der Waals surface area contributed by atoms with Crippen LogP contribution in [-0.4, -0.2) is 54.4 Å². The Morgan fingerprint density at radius 1 is 1.56 bits per heavy atom. The molecular weight excluding hydrogens is 236 g/mol. The van der Waals surface area contributed by atoms with Gasteiger partial charge >= 0.3 is 12.0 Å². The quantitative estimate of drug-likeness (QED) is 0.698. The van der Waals surface area contributed by atoms with Crippen LogP contribution in [-0.2, 0) is 9.53 Å². The zero-order valence-corrected chi connectivity index (χ0v) is 11.0. The summed E-state index contributed by atoms with van der Waals surface area (Å²) >= 11 is 0. The Hall–Kier alpha value is -1.30. The van der Waals surface area contributed by atoms with E-state index in [4.69, 9.17) is 9.84 Å². The molecule has 1 fully saturated rings. The number of urea groups is 1. The molecule has 1 rings (SSSR count). The summed E-state index contributed by atoms with van der Waals surface area (Å²) in [5.74, 6) is -0.994. The van der Waals surface area contributed by atoms with E-state index in [0.717, 1.165) is 12.8 Å². The van der Waals surface area contributed by atoms with Gasteiger partial charge in [0.25, 0.3) is 0 Å². The number of carbonyl (C=O) groups is 2. The maximum atomic E-state index is 11.9. The summed E-state index contributed by atoms with van der Waals surface area (Å²) in [6, 6.07) is -0.913. The van der Waals surface area contributed by atoms with Crippen LogP contribution in [0.25, 0.3) is 0 Å². The lowest BCUT2D eigenvalue weighted by molar-refractivity contribution is -0.139. The van der Waals surface area contributed by atoms with Crippen LogP contribution < -0.4 is 5.32 Å². The third kappa shape index (κ3) is 4.18. The molecule has 2 unspecified atom stereocenters. The van der Waals surface area contributed by atoms with Crippen LogP contribution in [0.1, 0.15) is 32.6 Å². The number of nitrogens with zero attached hydrogens (tertiary/aromatic N) is 1. The van der Waals surface area contributed by atoms with Gasteiger partial charge in [-0.1, -0.05) is 0 Å². The molecular formula is C12H22N2O4. The Kier molecular flexibility index (Phi) is 5.91. The molecule has 0 aliphatic carbocycles. The minimum atomic E-state index is -0.994. The summed E-state index contributed by atoms with van der Waals surface area (Å²) in [5, 5.41) is 11.6. The summed E-state index contributed by atoms with van der Waals surface area (Å²) in [6.07, 6.45) is 2.96. The fourth-order valence-corrected chi connectivity index (χ4v) is 2.16. The van der Waals surface area contributed by atoms with Crippen LogP contribution in [0.5, 0.6) is 0 Å². The van der Waals surface area contributed by atoms with Crippen molar-refractivity contribution in [1.29, 1.82) is 0 Å². The lowest BCUT2D eigenvalue weighted by Crippen LogP contribution is -2.49. The highest BCUT2D eigenvalue weighted by molar-refractivity contribution is 5.82. The van der Waals surface area contributed by atoms with Gasteiger partial charge in [0.15, 0.2) is 0 Å². The van der Waals surface area contributed by atoms with E-state index in [9.17, 15) is 9.59 Å². The van der Waals surface area contributed by atoms with E-state index in [0.29, 0.717) is 26.0 Å². The van der Waals surface area contributed by atoms with Crippen LogP contribution in [0, 0.1) is 0 Å². The van der Waals surface area contributed by atoms with Crippen molar-refractivity contribution in [3.8, 4) is 0 Å². The fraction of sp³-hybridized carbons (Fsp3) is 0.833. The van der Waals surface area contributed by atoms with Gasteiger partial charge in [0.05, 0.1) is 0 Å². The zero-order valence-electron chi connectivity index (χ0n) is 11.0. The first-order chi connectivity index (χ1) is 8.56. The minimum absolute atomic E-state index is 0.193. The van der Waals surface area contributed by atoms with Crippen molar-refractivity contribution in [3.05, 3.63) is 0 Å². The lowest BCUT2D eigenvalue weighted by Gasteiger charge is -2.24. The Labute approximate surface area is 107 Å². The van der Waals surface area contributed by atoms with Crippen molar-refractivity contribution in [2.75, 3.05) is 20.3 Å². The molecule has 0 aromatic carbocycles. The second-order valence-corrected chi connectivity index (χ2v) is 4.66. The minimum Gasteiger partial charge on any atom is -0.480 e. The van der Waals surface area contributed by atoms with E-state index < -0.39 is 12.0 Å². The smallest absolute Gasteiger partial charge is 0.326 e. The monoisotopic (exact) mass is 258 g/mol. The number of carbonyl (C=O) groups excluding carboxylic acids is 1. The van der Waals surface area contributed by atoms with Gasteiger partial charge in [-0.15, -0.1) is 0 Å². The first-order valence-corrected chi connectivity index (χ1v) is 6.35. The van der Waals surface area contributed by atoms with Gasteiger partial charge in [-0.3, -0.25) is 0 Å². The van der Waals surface area contributed by atoms with Crippen molar-refractivity contribution in [2.24, 2.45) is 0 Å². The normalized spacial score (nSPS) is 20.8. The van der Waals surface area contributed by atoms with E-state index in [2.05, 4.69) is 5.32 Å². The van der Waals surface area contributed by atoms with E-state index in [1.807, 2.05) is 6.92 Å². The predicted octanol–water partition coefficient (Wildman–Crippen LogP) is 1.06. The second-order valence-electron chi connectivity index (χ2n) is 4.66. The summed E-state index contributed by atoms with van der Waals surface area (Å²) in [7, 11) is 1.57. The summed E-state index contributed by atoms with van der Waals surface area (Å²) in [4.78, 5) is 24.7. The average Bonchev–Trinajstić information content (AvgIpc) is 2.74. The number of methoxy groups -OCH3 is 1. The molecule has 2 amide bonds. The molecule has 0 spiro atoms. The van der Waals surface area contributed by atoms with E-state index in [1.165, 1.54) is 0 Å². The fourth-order valence-electron chi connectivity index (χ4n) is 2.16. The van der Waals surface area contributed by atoms with Gasteiger partial charge in [-0.05, 0) is 32.6 Å². The number of aliphatic carboxylic acids is 1. The number of hydrogen-bond donors (Lipinski definition) is 2. The molecule has 104 valence electrons. The Morgan fingerprint density at radius 3 is 2.78 bits per heavy atom. The van der Waals surface area contributed by atoms with Crippen molar-refractivity contribution in [3.63, 3.8) is 0 Å². The summed E-state index contributed by atoms with van der Waals surface area (Å²) in [6.45, 7) is 3.18. The molecule has 1 saturated heterocycles. The molecule has 18 heavy (non-hydrogen) atoms. The molecule has 1 aliphatic heterocycles. The van der Waals surface area contributed by atoms with Gasteiger partial charge < -0.3 is 20.1 Å². The highest BCUT2D eigenvalue weighted by atomic mass is 16.5. The van der Waals surface area contributed by atoms with Crippen molar-refractivity contribution in [1.82, 2.24) is 10.2 Å². The Balaban J connectivity index is 2.44. The number of amides is 2. The van der Waals surface area contributed by atoms with E-state index >= 15 is 0 Å². The summed E-state index contributed by atoms with van der Waals surface area (Å²) in [5.41, 5.74) is 0. The maximum absolute atomic E-state index is 11.9. The van der Waals surface area contributed by atoms with Gasteiger partial charge in [0, 0.05) is 26.3 Å². The largest absolute Gasteiger partial charge is 0.480 e. The van der Waals surface area contributed by atoms with E-state index in [-0.39, 0.29) is 12.1 Å². The van der Waals surface area contributed by atoms with Gasteiger partial charge in [0.2, 0.25) is 0 Å². The molecule has 1 aliphatic rings. The molecule has 2 N–H and O–H groups in total. The van der Waals surface area contributed by atoms with Crippen molar-refractivity contribution >= 4 is 12.0 Å². The lowest BCUT2D eigenvalue weighted by atomic mass is 10.1. The SMILES string of the molecule is COCCCC(NC(=O)N1CCCC1C)C(=O)O. The predicted molar refractivity (Wildman–Crippen MR) is 66.5 cm³/mol. The highest BCUT2D eigenvalue weighted by Crippen LogP contribution is 2.16. The number of hydrogen-bond acceptors (Lipinski definition) is 3. The second kappa shape index (κ2) is 7.20. The van der Waals surface area contributed by atoms with Crippen LogP contribution in [0.3, 0.4) is 0 Å². The number of carboxylic acids is 1. The summed E-state index contributed by atoms with van der Waals surface area (Å²) < 4.78 is 4.88. The number of carboxylic acid groups (broad SMARTS) is 1. The number of nitrogens with one attached hydrogen (secondary N) is 1. The molecule has 0 aromatic heterocycles. The van der Waals surface area contributed by atoms with Crippen LogP contribution in [0.15, 0.2) is 0 Å². The Bertz CT molecular complexity index is 296. The van der Waals surface area contributed by atoms with Crippen molar-refractivity contribution < 1.29 is 19.4 Å². The van der Waals surface area contributed by atoms with Crippen LogP contribution >= 0.6 is 0 Å². The molecule has 6 heteroatoms. The number of likely N-dealkylation sites (tertiary alicyclic amines) is 1. The molecule has 6 nitrogen and oxygen atoms in total. The van der Waals surface area contributed by atoms with Crippen molar-refractivity contribution in [2.45, 2.75) is 44.7 Å². The van der Waals surface area contributed by atoms with Gasteiger partial charge in [-0.25, -0.2) is 9.59 Å². The van der Waals surface area contributed by atoms with Crippen LogP contribution in [0.4, 0.5) is 4.79 Å². The number of ether oxygens (including phenoxy) is 1.